The molecule has 0 aliphatic heterocycles. The Morgan fingerprint density at radius 3 is 1.54 bits per heavy atom. The number of nitrogens with two attached hydrogens (primary N) is 1. The van der Waals surface area contributed by atoms with Crippen molar-refractivity contribution in [3.63, 3.8) is 0 Å². The van der Waals surface area contributed by atoms with E-state index < -0.39 is 0 Å². The Morgan fingerprint density at radius 1 is 0.714 bits per heavy atom. The van der Waals surface area contributed by atoms with Gasteiger partial charge in [0.2, 0.25) is 0 Å². The van der Waals surface area contributed by atoms with E-state index in [1.165, 1.54) is 42.0 Å². The highest BCUT2D eigenvalue weighted by Crippen LogP contribution is 2.39. The summed E-state index contributed by atoms with van der Waals surface area (Å²) in [7, 11) is 0. The molecule has 0 unspecified atom stereocenters. The van der Waals surface area contributed by atoms with E-state index in [1.54, 1.807) is 6.07 Å². The number of unbranched alkanes of at least 4 members (excludes halogenated alkanes) is 1. The monoisotopic (exact) mass is 479 g/mol. The van der Waals surface area contributed by atoms with Crippen LogP contribution < -0.4 is 5.73 Å². The second-order valence-corrected chi connectivity index (χ2v) is 8.88. The number of aryl methyl sites for hydroxylation is 3. The third-order valence-electron chi connectivity index (χ3n) is 5.60. The van der Waals surface area contributed by atoms with E-state index in [1.807, 2.05) is 26.0 Å². The zero-order chi connectivity index (χ0) is 26.8. The second-order valence-electron chi connectivity index (χ2n) is 8.88. The predicted molar refractivity (Wildman–Crippen MR) is 155 cm³/mol. The molecule has 3 rings (SSSR count). The van der Waals surface area contributed by atoms with Crippen LogP contribution in [0.1, 0.15) is 84.4 Å². The maximum absolute atomic E-state index is 10.1. The van der Waals surface area contributed by atoms with Crippen molar-refractivity contribution in [2.45, 2.75) is 87.5 Å². The smallest absolute Gasteiger partial charge is 0.150 e. The molecule has 3 nitrogen and oxygen atoms in total. The van der Waals surface area contributed by atoms with Crippen LogP contribution in [0.2, 0.25) is 0 Å². The van der Waals surface area contributed by atoms with E-state index in [-0.39, 0.29) is 17.2 Å². The van der Waals surface area contributed by atoms with E-state index in [0.717, 1.165) is 24.3 Å². The van der Waals surface area contributed by atoms with E-state index in [9.17, 15) is 10.2 Å². The SMILES string of the molecule is CC.CCC(C)C.CCCC.Cc1ccc(CCc2ccc(-c3ccc(O)c(N)c3O)cc2)cc1. The van der Waals surface area contributed by atoms with Gasteiger partial charge in [-0.05, 0) is 54.5 Å². The number of anilines is 1. The molecule has 0 spiro atoms. The van der Waals surface area contributed by atoms with Crippen molar-refractivity contribution < 1.29 is 10.2 Å². The number of benzene rings is 3. The summed E-state index contributed by atoms with van der Waals surface area (Å²) in [5.41, 5.74) is 11.0. The summed E-state index contributed by atoms with van der Waals surface area (Å²) in [6, 6.07) is 19.8. The van der Waals surface area contributed by atoms with Crippen LogP contribution in [0.15, 0.2) is 60.7 Å². The highest BCUT2D eigenvalue weighted by atomic mass is 16.3. The minimum atomic E-state index is -0.106. The molecule has 0 atom stereocenters. The third-order valence-corrected chi connectivity index (χ3v) is 5.60. The van der Waals surface area contributed by atoms with Gasteiger partial charge in [-0.15, -0.1) is 0 Å². The molecule has 0 heterocycles. The molecule has 0 aliphatic carbocycles. The second kappa shape index (κ2) is 18.4. The Balaban J connectivity index is 0.000000892. The van der Waals surface area contributed by atoms with E-state index in [2.05, 4.69) is 77.9 Å². The standard InChI is InChI=1S/C21H21NO2.C5H12.C4H10.C2H6/c1-14-2-4-15(5-3-14)6-7-16-8-10-17(11-9-16)18-12-13-19(23)20(22)21(18)24;1-4-5(2)3;1-3-4-2;1-2/h2-5,8-13,23-24H,6-7,22H2,1H3;5H,4H2,1-3H3;3-4H2,1-2H3;1-2H3. The molecule has 0 fully saturated rings. The fraction of sp³-hybridized carbons (Fsp3) is 0.438. The lowest BCUT2D eigenvalue weighted by Gasteiger charge is -2.09. The Hall–Kier alpha value is -2.94. The number of phenolic OH excluding ortho intramolecular Hbond substituents is 2. The lowest BCUT2D eigenvalue weighted by molar-refractivity contribution is 0.456. The number of phenols is 2. The molecule has 3 aromatic rings. The van der Waals surface area contributed by atoms with Gasteiger partial charge in [-0.25, -0.2) is 0 Å². The fourth-order valence-corrected chi connectivity index (χ4v) is 2.72. The predicted octanol–water partition coefficient (Wildman–Crippen LogP) is 9.33. The minimum absolute atomic E-state index is 0.0101. The molecule has 35 heavy (non-hydrogen) atoms. The summed E-state index contributed by atoms with van der Waals surface area (Å²) in [6.07, 6.45) is 5.91. The highest BCUT2D eigenvalue weighted by Gasteiger charge is 2.10. The van der Waals surface area contributed by atoms with Gasteiger partial charge in [0.05, 0.1) is 0 Å². The number of aromatic hydroxyl groups is 2. The van der Waals surface area contributed by atoms with E-state index in [0.29, 0.717) is 5.56 Å². The number of hydrogen-bond acceptors (Lipinski definition) is 3. The first-order valence-corrected chi connectivity index (χ1v) is 13.2. The van der Waals surface area contributed by atoms with Crippen LogP contribution in [-0.2, 0) is 12.8 Å². The van der Waals surface area contributed by atoms with Crippen molar-refractivity contribution in [2.24, 2.45) is 5.92 Å². The van der Waals surface area contributed by atoms with Crippen LogP contribution in [-0.4, -0.2) is 10.2 Å². The van der Waals surface area contributed by atoms with E-state index in [4.69, 9.17) is 5.73 Å². The molecule has 0 saturated heterocycles. The van der Waals surface area contributed by atoms with Crippen molar-refractivity contribution in [1.29, 1.82) is 0 Å². The maximum atomic E-state index is 10.1. The number of hydrogen-bond donors (Lipinski definition) is 3. The highest BCUT2D eigenvalue weighted by molar-refractivity contribution is 5.79. The van der Waals surface area contributed by atoms with Crippen LogP contribution in [0, 0.1) is 12.8 Å². The first-order valence-electron chi connectivity index (χ1n) is 13.2. The topological polar surface area (TPSA) is 66.5 Å². The molecule has 0 saturated carbocycles. The quantitative estimate of drug-likeness (QED) is 0.244. The van der Waals surface area contributed by atoms with Gasteiger partial charge in [0.15, 0.2) is 0 Å². The molecule has 0 amide bonds. The Bertz CT molecular complexity index is 927. The van der Waals surface area contributed by atoms with Gasteiger partial charge in [-0.3, -0.25) is 0 Å². The van der Waals surface area contributed by atoms with Crippen molar-refractivity contribution in [3.05, 3.63) is 77.4 Å². The van der Waals surface area contributed by atoms with Crippen molar-refractivity contribution in [1.82, 2.24) is 0 Å². The summed E-state index contributed by atoms with van der Waals surface area (Å²) in [5.74, 6) is 0.698. The van der Waals surface area contributed by atoms with E-state index >= 15 is 0 Å². The van der Waals surface area contributed by atoms with Crippen LogP contribution >= 0.6 is 0 Å². The van der Waals surface area contributed by atoms with Gasteiger partial charge in [0.1, 0.15) is 17.2 Å². The van der Waals surface area contributed by atoms with Gasteiger partial charge in [-0.2, -0.15) is 0 Å². The molecule has 0 aromatic heterocycles. The largest absolute Gasteiger partial charge is 0.506 e. The summed E-state index contributed by atoms with van der Waals surface area (Å²) in [6.45, 7) is 17.1. The molecule has 3 heteroatoms. The van der Waals surface area contributed by atoms with Crippen molar-refractivity contribution in [2.75, 3.05) is 5.73 Å². The summed E-state index contributed by atoms with van der Waals surface area (Å²) in [4.78, 5) is 0. The summed E-state index contributed by atoms with van der Waals surface area (Å²) >= 11 is 0. The van der Waals surface area contributed by atoms with Crippen LogP contribution in [0.4, 0.5) is 5.69 Å². The number of nitrogen functional groups attached to an aromatic ring is 1. The average molecular weight is 480 g/mol. The van der Waals surface area contributed by atoms with Crippen LogP contribution in [0.5, 0.6) is 11.5 Å². The molecule has 194 valence electrons. The molecule has 0 radical (unpaired) electrons. The Labute approximate surface area is 215 Å². The summed E-state index contributed by atoms with van der Waals surface area (Å²) < 4.78 is 0. The number of rotatable bonds is 6. The molecule has 0 aliphatic rings. The minimum Gasteiger partial charge on any atom is -0.506 e. The van der Waals surface area contributed by atoms with Gasteiger partial charge < -0.3 is 15.9 Å². The lowest BCUT2D eigenvalue weighted by atomic mass is 9.99. The van der Waals surface area contributed by atoms with Crippen LogP contribution in [0.3, 0.4) is 0 Å². The normalized spacial score (nSPS) is 9.74. The first kappa shape index (κ1) is 32.1. The van der Waals surface area contributed by atoms with Gasteiger partial charge >= 0.3 is 0 Å². The average Bonchev–Trinajstić information content (AvgIpc) is 2.89. The Kier molecular flexibility index (Phi) is 16.9. The van der Waals surface area contributed by atoms with Crippen molar-refractivity contribution >= 4 is 5.69 Å². The van der Waals surface area contributed by atoms with Gasteiger partial charge in [0, 0.05) is 5.56 Å². The maximum Gasteiger partial charge on any atom is 0.150 e. The molecule has 0 bridgehead atoms. The zero-order valence-corrected chi connectivity index (χ0v) is 23.4. The van der Waals surface area contributed by atoms with Gasteiger partial charge in [0.25, 0.3) is 0 Å². The lowest BCUT2D eigenvalue weighted by Crippen LogP contribution is -1.92. The Morgan fingerprint density at radius 2 is 1.14 bits per heavy atom. The molecular formula is C32H49NO2. The molecule has 4 N–H and O–H groups in total. The molecular weight excluding hydrogens is 430 g/mol. The summed E-state index contributed by atoms with van der Waals surface area (Å²) in [5, 5.41) is 19.6. The zero-order valence-electron chi connectivity index (χ0n) is 23.4. The first-order chi connectivity index (χ1) is 16.7. The van der Waals surface area contributed by atoms with Crippen molar-refractivity contribution in [3.8, 4) is 22.6 Å². The molecule has 3 aromatic carbocycles. The fourth-order valence-electron chi connectivity index (χ4n) is 2.72. The van der Waals surface area contributed by atoms with Crippen LogP contribution in [0.25, 0.3) is 11.1 Å². The third kappa shape index (κ3) is 12.4. The van der Waals surface area contributed by atoms with Gasteiger partial charge in [-0.1, -0.05) is 122 Å².